The number of nitrogens with two attached hydrogens (primary N) is 1. The summed E-state index contributed by atoms with van der Waals surface area (Å²) in [5.41, 5.74) is 9.97. The molecule has 0 spiro atoms. The number of anilines is 1. The molecule has 0 aliphatic carbocycles. The molecule has 0 aromatic heterocycles. The van der Waals surface area contributed by atoms with Crippen LogP contribution in [0.3, 0.4) is 0 Å². The Bertz CT molecular complexity index is 1010. The van der Waals surface area contributed by atoms with Crippen molar-refractivity contribution in [3.63, 3.8) is 0 Å². The quantitative estimate of drug-likeness (QED) is 0.318. The zero-order chi connectivity index (χ0) is 25.4. The summed E-state index contributed by atoms with van der Waals surface area (Å²) in [6.45, 7) is 2.07. The predicted molar refractivity (Wildman–Crippen MR) is 127 cm³/mol. The van der Waals surface area contributed by atoms with E-state index in [0.29, 0.717) is 31.4 Å². The van der Waals surface area contributed by atoms with Crippen LogP contribution >= 0.6 is 0 Å². The predicted octanol–water partition coefficient (Wildman–Crippen LogP) is 3.22. The number of para-hydroxylation sites is 2. The first-order valence-electron chi connectivity index (χ1n) is 11.7. The Labute approximate surface area is 202 Å². The molecule has 1 aliphatic heterocycles. The van der Waals surface area contributed by atoms with Crippen molar-refractivity contribution in [1.82, 2.24) is 5.32 Å². The number of aliphatic hydroxyl groups is 1. The van der Waals surface area contributed by atoms with Crippen molar-refractivity contribution in [2.45, 2.75) is 44.8 Å². The molecule has 1 atom stereocenters. The van der Waals surface area contributed by atoms with Crippen LogP contribution in [-0.4, -0.2) is 56.1 Å². The van der Waals surface area contributed by atoms with E-state index >= 15 is 0 Å². The fourth-order valence-corrected chi connectivity index (χ4v) is 4.27. The molecular formula is C25H32F3N3O4. The lowest BCUT2D eigenvalue weighted by Gasteiger charge is -2.21. The van der Waals surface area contributed by atoms with Gasteiger partial charge in [-0.3, -0.25) is 4.79 Å². The van der Waals surface area contributed by atoms with Gasteiger partial charge in [0.2, 0.25) is 0 Å². The molecule has 10 heteroatoms. The van der Waals surface area contributed by atoms with Gasteiger partial charge in [-0.15, -0.1) is 0 Å². The minimum Gasteiger partial charge on any atom is -0.488 e. The summed E-state index contributed by atoms with van der Waals surface area (Å²) in [7, 11) is 0. The van der Waals surface area contributed by atoms with E-state index in [1.807, 2.05) is 6.92 Å². The molecule has 0 saturated heterocycles. The second-order valence-electron chi connectivity index (χ2n) is 8.55. The Kier molecular flexibility index (Phi) is 9.22. The Balaban J connectivity index is 1.60. The standard InChI is InChI=1S/C25H32F3N3O4/c1-16(30-10-12-34-20-6-2-3-7-21(20)35-15-25(26,27)28)13-18-14-17-8-9-31-23(17)22(24(29)33)19(18)5-4-11-32/h2-3,6-7,14,16,30-32H,4-5,8-13,15H2,1H3,(H2,29,33)/t16-/m1/s1. The van der Waals surface area contributed by atoms with E-state index in [2.05, 4.69) is 16.7 Å². The molecule has 2 aromatic rings. The van der Waals surface area contributed by atoms with Crippen LogP contribution < -0.4 is 25.8 Å². The summed E-state index contributed by atoms with van der Waals surface area (Å²) in [5, 5.41) is 15.9. The molecule has 7 nitrogen and oxygen atoms in total. The van der Waals surface area contributed by atoms with Crippen LogP contribution in [0, 0.1) is 0 Å². The highest BCUT2D eigenvalue weighted by atomic mass is 19.4. The fraction of sp³-hybridized carbons (Fsp3) is 0.480. The highest BCUT2D eigenvalue weighted by molar-refractivity contribution is 6.01. The van der Waals surface area contributed by atoms with Crippen molar-refractivity contribution >= 4 is 11.6 Å². The largest absolute Gasteiger partial charge is 0.488 e. The van der Waals surface area contributed by atoms with Crippen molar-refractivity contribution in [3.05, 3.63) is 52.6 Å². The minimum absolute atomic E-state index is 0.0153. The van der Waals surface area contributed by atoms with Gasteiger partial charge >= 0.3 is 6.18 Å². The van der Waals surface area contributed by atoms with E-state index < -0.39 is 18.7 Å². The summed E-state index contributed by atoms with van der Waals surface area (Å²) < 4.78 is 47.9. The Morgan fingerprint density at radius 1 is 1.26 bits per heavy atom. The number of rotatable bonds is 13. The lowest BCUT2D eigenvalue weighted by Crippen LogP contribution is -2.32. The number of carbonyl (C=O) groups excluding carboxylic acids is 1. The van der Waals surface area contributed by atoms with Crippen LogP contribution in [0.25, 0.3) is 0 Å². The third-order valence-corrected chi connectivity index (χ3v) is 5.76. The molecule has 0 unspecified atom stereocenters. The SMILES string of the molecule is C[C@H](Cc1cc2c(c(C(N)=O)c1CCCO)NCC2)NCCOc1ccccc1OCC(F)(F)F. The topological polar surface area (TPSA) is 106 Å². The number of fused-ring (bicyclic) bond motifs is 1. The maximum atomic E-state index is 12.5. The average Bonchev–Trinajstić information content (AvgIpc) is 3.26. The van der Waals surface area contributed by atoms with E-state index in [0.717, 1.165) is 35.3 Å². The molecule has 0 radical (unpaired) electrons. The number of aliphatic hydroxyl groups excluding tert-OH is 1. The van der Waals surface area contributed by atoms with Crippen molar-refractivity contribution in [2.24, 2.45) is 5.73 Å². The van der Waals surface area contributed by atoms with E-state index in [9.17, 15) is 23.1 Å². The molecular weight excluding hydrogens is 463 g/mol. The van der Waals surface area contributed by atoms with Gasteiger partial charge in [0.15, 0.2) is 18.1 Å². The smallest absolute Gasteiger partial charge is 0.422 e. The molecule has 0 fully saturated rings. The summed E-state index contributed by atoms with van der Waals surface area (Å²) >= 11 is 0. The van der Waals surface area contributed by atoms with E-state index in [1.165, 1.54) is 6.07 Å². The van der Waals surface area contributed by atoms with Gasteiger partial charge < -0.3 is 30.9 Å². The molecule has 1 aliphatic rings. The number of halogens is 3. The van der Waals surface area contributed by atoms with Crippen molar-refractivity contribution < 1.29 is 32.5 Å². The van der Waals surface area contributed by atoms with Gasteiger partial charge in [0, 0.05) is 25.7 Å². The molecule has 3 rings (SSSR count). The normalized spacial score (nSPS) is 13.7. The number of primary amides is 1. The first-order chi connectivity index (χ1) is 16.7. The number of alkyl halides is 3. The maximum absolute atomic E-state index is 12.5. The third-order valence-electron chi connectivity index (χ3n) is 5.76. The molecule has 1 heterocycles. The Morgan fingerprint density at radius 2 is 1.97 bits per heavy atom. The molecule has 1 amide bonds. The molecule has 5 N–H and O–H groups in total. The molecule has 192 valence electrons. The van der Waals surface area contributed by atoms with E-state index in [1.54, 1.807) is 18.2 Å². The number of benzene rings is 2. The van der Waals surface area contributed by atoms with Gasteiger partial charge in [0.05, 0.1) is 11.3 Å². The van der Waals surface area contributed by atoms with Crippen LogP contribution in [-0.2, 0) is 19.3 Å². The van der Waals surface area contributed by atoms with Gasteiger partial charge in [0.1, 0.15) is 6.61 Å². The summed E-state index contributed by atoms with van der Waals surface area (Å²) in [5.74, 6) is -0.197. The highest BCUT2D eigenvalue weighted by Gasteiger charge is 2.29. The van der Waals surface area contributed by atoms with Gasteiger partial charge in [-0.25, -0.2) is 0 Å². The summed E-state index contributed by atoms with van der Waals surface area (Å²) in [4.78, 5) is 12.3. The summed E-state index contributed by atoms with van der Waals surface area (Å²) in [6, 6.07) is 8.38. The Morgan fingerprint density at radius 3 is 2.63 bits per heavy atom. The number of amides is 1. The lowest BCUT2D eigenvalue weighted by molar-refractivity contribution is -0.153. The van der Waals surface area contributed by atoms with Gasteiger partial charge in [-0.05, 0) is 61.4 Å². The minimum atomic E-state index is -4.43. The molecule has 2 aromatic carbocycles. The number of hydrogen-bond donors (Lipinski definition) is 4. The maximum Gasteiger partial charge on any atom is 0.422 e. The van der Waals surface area contributed by atoms with Crippen LogP contribution in [0.2, 0.25) is 0 Å². The van der Waals surface area contributed by atoms with Crippen molar-refractivity contribution in [2.75, 3.05) is 38.2 Å². The van der Waals surface area contributed by atoms with Gasteiger partial charge in [-0.2, -0.15) is 13.2 Å². The zero-order valence-corrected chi connectivity index (χ0v) is 19.7. The van der Waals surface area contributed by atoms with Gasteiger partial charge in [0.25, 0.3) is 5.91 Å². The van der Waals surface area contributed by atoms with Gasteiger partial charge in [-0.1, -0.05) is 18.2 Å². The molecule has 0 bridgehead atoms. The first kappa shape index (κ1) is 26.6. The molecule has 35 heavy (non-hydrogen) atoms. The Hall–Kier alpha value is -2.98. The number of ether oxygens (including phenoxy) is 2. The van der Waals surface area contributed by atoms with Crippen LogP contribution in [0.4, 0.5) is 18.9 Å². The summed E-state index contributed by atoms with van der Waals surface area (Å²) in [6.07, 6.45) is -1.91. The average molecular weight is 496 g/mol. The van der Waals surface area contributed by atoms with Crippen LogP contribution in [0.1, 0.15) is 40.4 Å². The molecule has 0 saturated carbocycles. The van der Waals surface area contributed by atoms with E-state index in [4.69, 9.17) is 15.2 Å². The van der Waals surface area contributed by atoms with Crippen molar-refractivity contribution in [3.8, 4) is 11.5 Å². The highest BCUT2D eigenvalue weighted by Crippen LogP contribution is 2.33. The zero-order valence-electron chi connectivity index (χ0n) is 19.7. The number of hydrogen-bond acceptors (Lipinski definition) is 6. The van der Waals surface area contributed by atoms with Crippen LogP contribution in [0.15, 0.2) is 30.3 Å². The second-order valence-corrected chi connectivity index (χ2v) is 8.55. The van der Waals surface area contributed by atoms with E-state index in [-0.39, 0.29) is 30.8 Å². The fourth-order valence-electron chi connectivity index (χ4n) is 4.27. The number of carbonyl (C=O) groups is 1. The lowest BCUT2D eigenvalue weighted by atomic mass is 9.89. The third kappa shape index (κ3) is 7.50. The number of nitrogens with one attached hydrogen (secondary N) is 2. The monoisotopic (exact) mass is 495 g/mol. The van der Waals surface area contributed by atoms with Crippen molar-refractivity contribution in [1.29, 1.82) is 0 Å². The van der Waals surface area contributed by atoms with Crippen LogP contribution in [0.5, 0.6) is 11.5 Å². The first-order valence-corrected chi connectivity index (χ1v) is 11.7. The second kappa shape index (κ2) is 12.1.